The van der Waals surface area contributed by atoms with Crippen LogP contribution in [0.2, 0.25) is 0 Å². The van der Waals surface area contributed by atoms with Crippen molar-refractivity contribution >= 4 is 22.5 Å². The standard InChI is InChI=1S/C15H20N4O2/c16-10-5-6-12-11(7-10)14(19-18-12)15(21)17-8-9-3-1-2-4-13(9)20/h5-7,9,13,20H,1-4,8,16H2,(H,17,21)(H,18,19). The molecule has 2 aromatic rings. The summed E-state index contributed by atoms with van der Waals surface area (Å²) in [5, 5.41) is 20.4. The highest BCUT2D eigenvalue weighted by Crippen LogP contribution is 2.24. The van der Waals surface area contributed by atoms with Gasteiger partial charge in [-0.15, -0.1) is 0 Å². The van der Waals surface area contributed by atoms with Gasteiger partial charge in [0, 0.05) is 23.5 Å². The summed E-state index contributed by atoms with van der Waals surface area (Å²) in [6.45, 7) is 0.483. The van der Waals surface area contributed by atoms with Gasteiger partial charge in [-0.1, -0.05) is 12.8 Å². The predicted molar refractivity (Wildman–Crippen MR) is 80.8 cm³/mol. The number of nitrogens with zero attached hydrogens (tertiary/aromatic N) is 1. The lowest BCUT2D eigenvalue weighted by Crippen LogP contribution is -2.36. The van der Waals surface area contributed by atoms with Crippen molar-refractivity contribution in [2.45, 2.75) is 31.8 Å². The van der Waals surface area contributed by atoms with Crippen molar-refractivity contribution in [3.8, 4) is 0 Å². The molecule has 112 valence electrons. The van der Waals surface area contributed by atoms with Gasteiger partial charge in [-0.3, -0.25) is 9.89 Å². The number of fused-ring (bicyclic) bond motifs is 1. The summed E-state index contributed by atoms with van der Waals surface area (Å²) in [5.74, 6) is -0.0948. The number of benzene rings is 1. The minimum Gasteiger partial charge on any atom is -0.399 e. The summed E-state index contributed by atoms with van der Waals surface area (Å²) >= 11 is 0. The molecule has 1 saturated carbocycles. The number of nitrogens with two attached hydrogens (primary N) is 1. The van der Waals surface area contributed by atoms with Crippen molar-refractivity contribution in [1.82, 2.24) is 15.5 Å². The predicted octanol–water partition coefficient (Wildman–Crippen LogP) is 1.43. The Morgan fingerprint density at radius 3 is 3.05 bits per heavy atom. The fourth-order valence-corrected chi connectivity index (χ4v) is 2.94. The molecule has 2 unspecified atom stereocenters. The summed E-state index contributed by atoms with van der Waals surface area (Å²) in [4.78, 5) is 12.3. The zero-order chi connectivity index (χ0) is 14.8. The molecular weight excluding hydrogens is 268 g/mol. The minimum absolute atomic E-state index is 0.137. The number of aliphatic hydroxyl groups is 1. The van der Waals surface area contributed by atoms with Gasteiger partial charge in [0.15, 0.2) is 5.69 Å². The van der Waals surface area contributed by atoms with E-state index < -0.39 is 0 Å². The first-order valence-corrected chi connectivity index (χ1v) is 7.35. The zero-order valence-corrected chi connectivity index (χ0v) is 11.8. The summed E-state index contributed by atoms with van der Waals surface area (Å²) in [6, 6.07) is 5.31. The summed E-state index contributed by atoms with van der Waals surface area (Å²) in [7, 11) is 0. The van der Waals surface area contributed by atoms with Crippen LogP contribution in [0.15, 0.2) is 18.2 Å². The van der Waals surface area contributed by atoms with Crippen LogP contribution >= 0.6 is 0 Å². The second-order valence-corrected chi connectivity index (χ2v) is 5.70. The van der Waals surface area contributed by atoms with Gasteiger partial charge in [-0.05, 0) is 31.0 Å². The van der Waals surface area contributed by atoms with E-state index in [1.165, 1.54) is 0 Å². The van der Waals surface area contributed by atoms with Gasteiger partial charge >= 0.3 is 0 Å². The number of nitrogens with one attached hydrogen (secondary N) is 2. The maximum Gasteiger partial charge on any atom is 0.272 e. The molecule has 0 aliphatic heterocycles. The monoisotopic (exact) mass is 288 g/mol. The fourth-order valence-electron chi connectivity index (χ4n) is 2.94. The van der Waals surface area contributed by atoms with Crippen molar-refractivity contribution in [2.75, 3.05) is 12.3 Å². The zero-order valence-electron chi connectivity index (χ0n) is 11.8. The molecule has 1 aromatic heterocycles. The van der Waals surface area contributed by atoms with E-state index >= 15 is 0 Å². The Morgan fingerprint density at radius 1 is 1.43 bits per heavy atom. The molecule has 1 aromatic carbocycles. The van der Waals surface area contributed by atoms with Gasteiger partial charge in [-0.25, -0.2) is 0 Å². The molecule has 6 nitrogen and oxygen atoms in total. The molecule has 6 heteroatoms. The number of anilines is 1. The molecule has 3 rings (SSSR count). The first-order valence-electron chi connectivity index (χ1n) is 7.35. The molecule has 1 aliphatic rings. The number of aliphatic hydroxyl groups excluding tert-OH is 1. The smallest absolute Gasteiger partial charge is 0.272 e. The fraction of sp³-hybridized carbons (Fsp3) is 0.467. The first-order chi connectivity index (χ1) is 10.1. The van der Waals surface area contributed by atoms with Crippen LogP contribution in [0.25, 0.3) is 10.9 Å². The van der Waals surface area contributed by atoms with Crippen molar-refractivity contribution in [1.29, 1.82) is 0 Å². The number of hydrogen-bond acceptors (Lipinski definition) is 4. The molecule has 2 atom stereocenters. The van der Waals surface area contributed by atoms with Crippen molar-refractivity contribution < 1.29 is 9.90 Å². The number of aromatic nitrogens is 2. The van der Waals surface area contributed by atoms with E-state index in [2.05, 4.69) is 15.5 Å². The molecule has 1 fully saturated rings. The Morgan fingerprint density at radius 2 is 2.24 bits per heavy atom. The van der Waals surface area contributed by atoms with Crippen molar-refractivity contribution in [2.24, 2.45) is 5.92 Å². The highest BCUT2D eigenvalue weighted by molar-refractivity contribution is 6.05. The van der Waals surface area contributed by atoms with E-state index in [9.17, 15) is 9.90 Å². The number of H-pyrrole nitrogens is 1. The third-order valence-corrected chi connectivity index (χ3v) is 4.20. The minimum atomic E-state index is -0.314. The number of amides is 1. The van der Waals surface area contributed by atoms with Crippen LogP contribution in [0, 0.1) is 5.92 Å². The normalized spacial score (nSPS) is 22.3. The van der Waals surface area contributed by atoms with Crippen LogP contribution in [0.1, 0.15) is 36.2 Å². The molecule has 0 radical (unpaired) electrons. The molecule has 0 spiro atoms. The van der Waals surface area contributed by atoms with E-state index in [-0.39, 0.29) is 17.9 Å². The second kappa shape index (κ2) is 5.73. The Kier molecular flexibility index (Phi) is 3.79. The van der Waals surface area contributed by atoms with Crippen LogP contribution in [-0.2, 0) is 0 Å². The lowest BCUT2D eigenvalue weighted by atomic mass is 9.86. The van der Waals surface area contributed by atoms with E-state index in [1.54, 1.807) is 18.2 Å². The van der Waals surface area contributed by atoms with Crippen LogP contribution in [0.3, 0.4) is 0 Å². The molecule has 1 amide bonds. The lowest BCUT2D eigenvalue weighted by molar-refractivity contribution is 0.0662. The maximum atomic E-state index is 12.3. The van der Waals surface area contributed by atoms with Crippen LogP contribution < -0.4 is 11.1 Å². The molecule has 21 heavy (non-hydrogen) atoms. The number of hydrogen-bond donors (Lipinski definition) is 4. The van der Waals surface area contributed by atoms with E-state index in [0.29, 0.717) is 17.9 Å². The molecule has 0 bridgehead atoms. The number of carbonyl (C=O) groups is 1. The second-order valence-electron chi connectivity index (χ2n) is 5.70. The molecular formula is C15H20N4O2. The van der Waals surface area contributed by atoms with Gasteiger partial charge in [0.1, 0.15) is 0 Å². The molecule has 0 saturated heterocycles. The van der Waals surface area contributed by atoms with Crippen molar-refractivity contribution in [3.05, 3.63) is 23.9 Å². The third kappa shape index (κ3) is 2.85. The Hall–Kier alpha value is -2.08. The summed E-state index contributed by atoms with van der Waals surface area (Å²) < 4.78 is 0. The van der Waals surface area contributed by atoms with Gasteiger partial charge in [0.05, 0.1) is 11.6 Å². The van der Waals surface area contributed by atoms with Crippen LogP contribution in [-0.4, -0.2) is 33.9 Å². The summed E-state index contributed by atoms with van der Waals surface area (Å²) in [5.41, 5.74) is 7.49. The highest BCUT2D eigenvalue weighted by Gasteiger charge is 2.24. The molecule has 1 heterocycles. The first kappa shape index (κ1) is 13.9. The van der Waals surface area contributed by atoms with Gasteiger partial charge in [-0.2, -0.15) is 5.10 Å². The number of carbonyl (C=O) groups excluding carboxylic acids is 1. The number of aromatic amines is 1. The number of rotatable bonds is 3. The van der Waals surface area contributed by atoms with E-state index in [4.69, 9.17) is 5.73 Å². The topological polar surface area (TPSA) is 104 Å². The van der Waals surface area contributed by atoms with E-state index in [0.717, 1.165) is 36.6 Å². The lowest BCUT2D eigenvalue weighted by Gasteiger charge is -2.27. The Balaban J connectivity index is 1.70. The molecule has 5 N–H and O–H groups in total. The maximum absolute atomic E-state index is 12.3. The SMILES string of the molecule is Nc1ccc2[nH]nc(C(=O)NCC3CCCCC3O)c2c1. The van der Waals surface area contributed by atoms with Gasteiger partial charge in [0.25, 0.3) is 5.91 Å². The van der Waals surface area contributed by atoms with Crippen LogP contribution in [0.4, 0.5) is 5.69 Å². The van der Waals surface area contributed by atoms with Gasteiger partial charge in [0.2, 0.25) is 0 Å². The van der Waals surface area contributed by atoms with Crippen molar-refractivity contribution in [3.63, 3.8) is 0 Å². The quantitative estimate of drug-likeness (QED) is 0.641. The average Bonchev–Trinajstić information content (AvgIpc) is 2.89. The van der Waals surface area contributed by atoms with Crippen LogP contribution in [0.5, 0.6) is 0 Å². The Bertz CT molecular complexity index is 652. The summed E-state index contributed by atoms with van der Waals surface area (Å²) in [6.07, 6.45) is 3.64. The highest BCUT2D eigenvalue weighted by atomic mass is 16.3. The average molecular weight is 288 g/mol. The van der Waals surface area contributed by atoms with Gasteiger partial charge < -0.3 is 16.2 Å². The Labute approximate surface area is 122 Å². The number of nitrogen functional groups attached to an aromatic ring is 1. The third-order valence-electron chi connectivity index (χ3n) is 4.20. The largest absolute Gasteiger partial charge is 0.399 e. The molecule has 1 aliphatic carbocycles. The van der Waals surface area contributed by atoms with E-state index in [1.807, 2.05) is 0 Å².